The molecule has 0 bridgehead atoms. The standard InChI is InChI=1S/C9H9NO/c1-11-9-6-5-7-3-2-4-8(7)10-9/h2-3,5-6H,4H2,1H3. The molecule has 0 unspecified atom stereocenters. The predicted octanol–water partition coefficient (Wildman–Crippen LogP) is 1.66. The fourth-order valence-electron chi connectivity index (χ4n) is 1.22. The molecule has 56 valence electrons. The molecule has 2 heteroatoms. The molecule has 1 heterocycles. The van der Waals surface area contributed by atoms with E-state index >= 15 is 0 Å². The highest BCUT2D eigenvalue weighted by Crippen LogP contribution is 2.19. The maximum Gasteiger partial charge on any atom is 0.213 e. The Hall–Kier alpha value is -1.31. The Kier molecular flexibility index (Phi) is 1.39. The van der Waals surface area contributed by atoms with Crippen molar-refractivity contribution in [3.05, 3.63) is 29.5 Å². The van der Waals surface area contributed by atoms with Crippen LogP contribution in [0.5, 0.6) is 5.88 Å². The van der Waals surface area contributed by atoms with Crippen LogP contribution in [0.3, 0.4) is 0 Å². The van der Waals surface area contributed by atoms with E-state index < -0.39 is 0 Å². The SMILES string of the molecule is COc1ccc2c(n1)CC=C2. The second-order valence-corrected chi connectivity index (χ2v) is 2.50. The van der Waals surface area contributed by atoms with Crippen molar-refractivity contribution in [3.8, 4) is 5.88 Å². The van der Waals surface area contributed by atoms with Crippen LogP contribution in [0.4, 0.5) is 0 Å². The van der Waals surface area contributed by atoms with Gasteiger partial charge in [0.25, 0.3) is 0 Å². The summed E-state index contributed by atoms with van der Waals surface area (Å²) < 4.78 is 5.00. The Balaban J connectivity index is 2.45. The Bertz CT molecular complexity index is 304. The smallest absolute Gasteiger partial charge is 0.213 e. The minimum absolute atomic E-state index is 0.701. The topological polar surface area (TPSA) is 22.1 Å². The third-order valence-electron chi connectivity index (χ3n) is 1.80. The summed E-state index contributed by atoms with van der Waals surface area (Å²) >= 11 is 0. The zero-order valence-corrected chi connectivity index (χ0v) is 6.37. The predicted molar refractivity (Wildman–Crippen MR) is 43.5 cm³/mol. The average Bonchev–Trinajstić information content (AvgIpc) is 2.50. The van der Waals surface area contributed by atoms with Crippen molar-refractivity contribution < 1.29 is 4.74 Å². The number of hydrogen-bond acceptors (Lipinski definition) is 2. The van der Waals surface area contributed by atoms with E-state index in [1.807, 2.05) is 12.1 Å². The minimum atomic E-state index is 0.701. The van der Waals surface area contributed by atoms with Gasteiger partial charge in [-0.25, -0.2) is 4.98 Å². The highest BCUT2D eigenvalue weighted by Gasteiger charge is 2.06. The maximum absolute atomic E-state index is 5.00. The van der Waals surface area contributed by atoms with Crippen molar-refractivity contribution in [2.24, 2.45) is 0 Å². The molecule has 2 rings (SSSR count). The number of aromatic nitrogens is 1. The minimum Gasteiger partial charge on any atom is -0.481 e. The van der Waals surface area contributed by atoms with Crippen molar-refractivity contribution in [2.45, 2.75) is 6.42 Å². The summed E-state index contributed by atoms with van der Waals surface area (Å²) in [7, 11) is 1.64. The first kappa shape index (κ1) is 6.40. The number of nitrogens with zero attached hydrogens (tertiary/aromatic N) is 1. The summed E-state index contributed by atoms with van der Waals surface area (Å²) in [5.74, 6) is 0.701. The van der Waals surface area contributed by atoms with Gasteiger partial charge in [-0.3, -0.25) is 0 Å². The Morgan fingerprint density at radius 3 is 3.18 bits per heavy atom. The van der Waals surface area contributed by atoms with Gasteiger partial charge >= 0.3 is 0 Å². The van der Waals surface area contributed by atoms with Gasteiger partial charge in [0.1, 0.15) is 0 Å². The van der Waals surface area contributed by atoms with E-state index in [-0.39, 0.29) is 0 Å². The average molecular weight is 147 g/mol. The van der Waals surface area contributed by atoms with E-state index in [9.17, 15) is 0 Å². The fraction of sp³-hybridized carbons (Fsp3) is 0.222. The van der Waals surface area contributed by atoms with Crippen LogP contribution >= 0.6 is 0 Å². The van der Waals surface area contributed by atoms with Gasteiger partial charge in [0.15, 0.2) is 0 Å². The van der Waals surface area contributed by atoms with E-state index in [1.165, 1.54) is 5.56 Å². The molecule has 1 aliphatic carbocycles. The fourth-order valence-corrected chi connectivity index (χ4v) is 1.22. The Labute approximate surface area is 65.5 Å². The van der Waals surface area contributed by atoms with E-state index in [4.69, 9.17) is 4.74 Å². The Morgan fingerprint density at radius 1 is 1.45 bits per heavy atom. The summed E-state index contributed by atoms with van der Waals surface area (Å²) in [4.78, 5) is 4.29. The van der Waals surface area contributed by atoms with Crippen LogP contribution < -0.4 is 4.74 Å². The summed E-state index contributed by atoms with van der Waals surface area (Å²) in [6.45, 7) is 0. The molecule has 0 radical (unpaired) electrons. The molecular weight excluding hydrogens is 138 g/mol. The molecule has 2 nitrogen and oxygen atoms in total. The van der Waals surface area contributed by atoms with Gasteiger partial charge in [-0.15, -0.1) is 0 Å². The van der Waals surface area contributed by atoms with Crippen LogP contribution in [0.15, 0.2) is 18.2 Å². The Morgan fingerprint density at radius 2 is 2.36 bits per heavy atom. The van der Waals surface area contributed by atoms with E-state index in [2.05, 4.69) is 17.1 Å². The van der Waals surface area contributed by atoms with Gasteiger partial charge < -0.3 is 4.74 Å². The third kappa shape index (κ3) is 1.00. The van der Waals surface area contributed by atoms with E-state index in [1.54, 1.807) is 7.11 Å². The monoisotopic (exact) mass is 147 g/mol. The van der Waals surface area contributed by atoms with Crippen LogP contribution in [-0.4, -0.2) is 12.1 Å². The zero-order valence-electron chi connectivity index (χ0n) is 6.37. The molecule has 0 amide bonds. The van der Waals surface area contributed by atoms with Gasteiger partial charge in [0.2, 0.25) is 5.88 Å². The van der Waals surface area contributed by atoms with Crippen LogP contribution in [0.1, 0.15) is 11.3 Å². The van der Waals surface area contributed by atoms with Crippen molar-refractivity contribution in [2.75, 3.05) is 7.11 Å². The van der Waals surface area contributed by atoms with E-state index in [0.717, 1.165) is 12.1 Å². The summed E-state index contributed by atoms with van der Waals surface area (Å²) in [6, 6.07) is 3.92. The molecule has 1 aromatic rings. The van der Waals surface area contributed by atoms with Gasteiger partial charge in [-0.1, -0.05) is 12.2 Å². The second kappa shape index (κ2) is 2.38. The van der Waals surface area contributed by atoms with Gasteiger partial charge in [-0.05, 0) is 11.6 Å². The lowest BCUT2D eigenvalue weighted by Gasteiger charge is -2.00. The first-order chi connectivity index (χ1) is 5.40. The van der Waals surface area contributed by atoms with Crippen LogP contribution in [-0.2, 0) is 6.42 Å². The van der Waals surface area contributed by atoms with Crippen LogP contribution in [0.25, 0.3) is 6.08 Å². The number of pyridine rings is 1. The molecule has 0 fully saturated rings. The lowest BCUT2D eigenvalue weighted by molar-refractivity contribution is 0.396. The zero-order chi connectivity index (χ0) is 7.68. The molecule has 1 aromatic heterocycles. The molecule has 0 N–H and O–H groups in total. The summed E-state index contributed by atoms with van der Waals surface area (Å²) in [5.41, 5.74) is 2.33. The van der Waals surface area contributed by atoms with E-state index in [0.29, 0.717) is 5.88 Å². The molecule has 0 saturated heterocycles. The molecule has 11 heavy (non-hydrogen) atoms. The normalized spacial score (nSPS) is 13.2. The quantitative estimate of drug-likeness (QED) is 0.602. The molecule has 0 aliphatic heterocycles. The summed E-state index contributed by atoms with van der Waals surface area (Å²) in [5, 5.41) is 0. The molecule has 0 atom stereocenters. The molecule has 0 aromatic carbocycles. The molecule has 1 aliphatic rings. The molecular formula is C9H9NO. The van der Waals surface area contributed by atoms with Crippen molar-refractivity contribution in [3.63, 3.8) is 0 Å². The molecule has 0 spiro atoms. The lowest BCUT2D eigenvalue weighted by atomic mass is 10.2. The number of hydrogen-bond donors (Lipinski definition) is 0. The van der Waals surface area contributed by atoms with Crippen molar-refractivity contribution in [1.82, 2.24) is 4.98 Å². The summed E-state index contributed by atoms with van der Waals surface area (Å²) in [6.07, 6.45) is 5.13. The van der Waals surface area contributed by atoms with Crippen LogP contribution in [0.2, 0.25) is 0 Å². The van der Waals surface area contributed by atoms with Crippen LogP contribution in [0, 0.1) is 0 Å². The second-order valence-electron chi connectivity index (χ2n) is 2.50. The maximum atomic E-state index is 5.00. The number of allylic oxidation sites excluding steroid dienone is 1. The number of rotatable bonds is 1. The highest BCUT2D eigenvalue weighted by molar-refractivity contribution is 5.58. The van der Waals surface area contributed by atoms with Gasteiger partial charge in [0, 0.05) is 12.5 Å². The number of ether oxygens (including phenoxy) is 1. The highest BCUT2D eigenvalue weighted by atomic mass is 16.5. The molecule has 0 saturated carbocycles. The van der Waals surface area contributed by atoms with Gasteiger partial charge in [-0.2, -0.15) is 0 Å². The third-order valence-corrected chi connectivity index (χ3v) is 1.80. The number of fused-ring (bicyclic) bond motifs is 1. The number of methoxy groups -OCH3 is 1. The lowest BCUT2D eigenvalue weighted by Crippen LogP contribution is -1.92. The van der Waals surface area contributed by atoms with Crippen molar-refractivity contribution >= 4 is 6.08 Å². The largest absolute Gasteiger partial charge is 0.481 e. The van der Waals surface area contributed by atoms with Crippen molar-refractivity contribution in [1.29, 1.82) is 0 Å². The first-order valence-electron chi connectivity index (χ1n) is 3.60. The van der Waals surface area contributed by atoms with Gasteiger partial charge in [0.05, 0.1) is 12.8 Å². The first-order valence-corrected chi connectivity index (χ1v) is 3.60.